The Kier molecular flexibility index (Phi) is 1.13. The molecule has 0 radical (unpaired) electrons. The third kappa shape index (κ3) is 0.661. The van der Waals surface area contributed by atoms with Crippen LogP contribution in [-0.4, -0.2) is 15.9 Å². The molecule has 1 atom stereocenters. The van der Waals surface area contributed by atoms with Gasteiger partial charge in [0.2, 0.25) is 5.12 Å². The molecule has 2 N–H and O–H groups in total. The van der Waals surface area contributed by atoms with Gasteiger partial charge in [0.1, 0.15) is 0 Å². The van der Waals surface area contributed by atoms with E-state index in [2.05, 4.69) is 0 Å². The van der Waals surface area contributed by atoms with Gasteiger partial charge < -0.3 is 5.73 Å². The van der Waals surface area contributed by atoms with Crippen molar-refractivity contribution in [2.24, 2.45) is 5.73 Å². The van der Waals surface area contributed by atoms with Crippen molar-refractivity contribution in [1.82, 2.24) is 0 Å². The maximum Gasteiger partial charge on any atom is 0.207 e. The van der Waals surface area contributed by atoms with Crippen molar-refractivity contribution >= 4 is 16.9 Å². The summed E-state index contributed by atoms with van der Waals surface area (Å²) >= 11 is 1.33. The van der Waals surface area contributed by atoms with Gasteiger partial charge in [-0.25, -0.2) is 0 Å². The second kappa shape index (κ2) is 1.48. The van der Waals surface area contributed by atoms with Crippen molar-refractivity contribution in [2.75, 3.05) is 0 Å². The molecule has 0 bridgehead atoms. The first-order chi connectivity index (χ1) is 3.54. The van der Waals surface area contributed by atoms with Gasteiger partial charge in [-0.1, -0.05) is 11.8 Å². The predicted octanol–water partition coefficient (Wildman–Crippen LogP) is 0.366. The first kappa shape index (κ1) is 6.11. The highest BCUT2D eigenvalue weighted by Crippen LogP contribution is 2.39. The highest BCUT2D eigenvalue weighted by molar-refractivity contribution is 8.17. The van der Waals surface area contributed by atoms with E-state index in [-0.39, 0.29) is 15.9 Å². The van der Waals surface area contributed by atoms with E-state index in [1.807, 2.05) is 13.8 Å². The first-order valence-corrected chi connectivity index (χ1v) is 3.34. The number of thioether (sulfide) groups is 1. The zero-order chi connectivity index (χ0) is 6.36. The van der Waals surface area contributed by atoms with Gasteiger partial charge in [0.25, 0.3) is 0 Å². The fourth-order valence-corrected chi connectivity index (χ4v) is 1.60. The Hall–Kier alpha value is -0.0200. The van der Waals surface area contributed by atoms with Crippen LogP contribution in [0.5, 0.6) is 0 Å². The lowest BCUT2D eigenvalue weighted by Crippen LogP contribution is -2.55. The zero-order valence-electron chi connectivity index (χ0n) is 4.97. The quantitative estimate of drug-likeness (QED) is 0.516. The van der Waals surface area contributed by atoms with Crippen LogP contribution in [-0.2, 0) is 4.79 Å². The first-order valence-electron chi connectivity index (χ1n) is 2.52. The Labute approximate surface area is 52.8 Å². The molecule has 0 amide bonds. The maximum absolute atomic E-state index is 10.5. The molecule has 1 rings (SSSR count). The molecule has 1 aliphatic rings. The monoisotopic (exact) mass is 131 g/mol. The topological polar surface area (TPSA) is 43.1 Å². The van der Waals surface area contributed by atoms with Crippen LogP contribution < -0.4 is 5.73 Å². The lowest BCUT2D eigenvalue weighted by molar-refractivity contribution is -0.114. The lowest BCUT2D eigenvalue weighted by Gasteiger charge is -2.38. The summed E-state index contributed by atoms with van der Waals surface area (Å²) in [5.41, 5.74) is 5.43. The molecule has 0 aromatic heterocycles. The van der Waals surface area contributed by atoms with Crippen LogP contribution in [0.3, 0.4) is 0 Å². The van der Waals surface area contributed by atoms with Gasteiger partial charge in [-0.3, -0.25) is 4.79 Å². The fraction of sp³-hybridized carbons (Fsp3) is 0.800. The molecule has 3 heteroatoms. The molecule has 2 nitrogen and oxygen atoms in total. The summed E-state index contributed by atoms with van der Waals surface area (Å²) in [7, 11) is 0. The van der Waals surface area contributed by atoms with Crippen LogP contribution in [0.15, 0.2) is 0 Å². The Morgan fingerprint density at radius 2 is 2.25 bits per heavy atom. The molecule has 8 heavy (non-hydrogen) atoms. The Balaban J connectivity index is 2.60. The SMILES string of the molecule is CC1(C)SC(=O)C1N. The van der Waals surface area contributed by atoms with E-state index in [4.69, 9.17) is 5.73 Å². The van der Waals surface area contributed by atoms with Crippen LogP contribution in [0.2, 0.25) is 0 Å². The number of carbonyl (C=O) groups excluding carboxylic acids is 1. The number of hydrogen-bond acceptors (Lipinski definition) is 3. The van der Waals surface area contributed by atoms with E-state index < -0.39 is 0 Å². The smallest absolute Gasteiger partial charge is 0.207 e. The van der Waals surface area contributed by atoms with Crippen molar-refractivity contribution in [3.63, 3.8) is 0 Å². The minimum atomic E-state index is -0.229. The van der Waals surface area contributed by atoms with Crippen LogP contribution >= 0.6 is 11.8 Å². The lowest BCUT2D eigenvalue weighted by atomic mass is 10.0. The normalized spacial score (nSPS) is 34.4. The number of hydrogen-bond donors (Lipinski definition) is 1. The number of rotatable bonds is 0. The van der Waals surface area contributed by atoms with Crippen molar-refractivity contribution in [3.05, 3.63) is 0 Å². The van der Waals surface area contributed by atoms with Crippen LogP contribution in [0, 0.1) is 0 Å². The molecule has 0 aromatic carbocycles. The van der Waals surface area contributed by atoms with Crippen LogP contribution in [0.4, 0.5) is 0 Å². The van der Waals surface area contributed by atoms with Crippen molar-refractivity contribution in [2.45, 2.75) is 24.6 Å². The largest absolute Gasteiger partial charge is 0.320 e. The van der Waals surface area contributed by atoms with Crippen molar-refractivity contribution in [3.8, 4) is 0 Å². The summed E-state index contributed by atoms with van der Waals surface area (Å²) in [6.07, 6.45) is 0. The average molecular weight is 131 g/mol. The van der Waals surface area contributed by atoms with E-state index >= 15 is 0 Å². The summed E-state index contributed by atoms with van der Waals surface area (Å²) in [5, 5.41) is 0.120. The molecule has 1 fully saturated rings. The van der Waals surface area contributed by atoms with Crippen molar-refractivity contribution < 1.29 is 4.79 Å². The minimum absolute atomic E-state index is 0.00289. The van der Waals surface area contributed by atoms with Gasteiger partial charge >= 0.3 is 0 Å². The van der Waals surface area contributed by atoms with E-state index in [1.54, 1.807) is 0 Å². The van der Waals surface area contributed by atoms with Gasteiger partial charge in [-0.2, -0.15) is 0 Å². The molecule has 0 saturated carbocycles. The highest BCUT2D eigenvalue weighted by Gasteiger charge is 2.45. The highest BCUT2D eigenvalue weighted by atomic mass is 32.2. The van der Waals surface area contributed by atoms with Gasteiger partial charge in [0.05, 0.1) is 6.04 Å². The Morgan fingerprint density at radius 1 is 1.75 bits per heavy atom. The van der Waals surface area contributed by atoms with Crippen LogP contribution in [0.1, 0.15) is 13.8 Å². The van der Waals surface area contributed by atoms with E-state index in [1.165, 1.54) is 11.8 Å². The van der Waals surface area contributed by atoms with E-state index in [0.717, 1.165) is 0 Å². The standard InChI is InChI=1S/C5H9NOS/c1-5(2)3(6)4(7)8-5/h3H,6H2,1-2H3. The minimum Gasteiger partial charge on any atom is -0.320 e. The van der Waals surface area contributed by atoms with Gasteiger partial charge in [-0.05, 0) is 13.8 Å². The Bertz CT molecular complexity index is 132. The van der Waals surface area contributed by atoms with Crippen molar-refractivity contribution in [1.29, 1.82) is 0 Å². The predicted molar refractivity (Wildman–Crippen MR) is 34.7 cm³/mol. The summed E-state index contributed by atoms with van der Waals surface area (Å²) in [4.78, 5) is 10.5. The molecular formula is C5H9NOS. The zero-order valence-corrected chi connectivity index (χ0v) is 5.79. The molecule has 46 valence electrons. The molecule has 1 unspecified atom stereocenters. The second-order valence-electron chi connectivity index (χ2n) is 2.50. The summed E-state index contributed by atoms with van der Waals surface area (Å²) in [6, 6.07) is -0.229. The molecule has 0 spiro atoms. The maximum atomic E-state index is 10.5. The molecule has 0 aromatic rings. The molecule has 1 saturated heterocycles. The third-order valence-electron chi connectivity index (χ3n) is 1.37. The van der Waals surface area contributed by atoms with Gasteiger partial charge in [0, 0.05) is 4.75 Å². The molecule has 0 aliphatic carbocycles. The third-order valence-corrected chi connectivity index (χ3v) is 2.60. The average Bonchev–Trinajstić information content (AvgIpc) is 1.65. The second-order valence-corrected chi connectivity index (χ2v) is 4.16. The molecular weight excluding hydrogens is 122 g/mol. The van der Waals surface area contributed by atoms with Gasteiger partial charge in [-0.15, -0.1) is 0 Å². The number of nitrogens with two attached hydrogens (primary N) is 1. The van der Waals surface area contributed by atoms with E-state index in [0.29, 0.717) is 0 Å². The summed E-state index contributed by atoms with van der Waals surface area (Å²) in [5.74, 6) is 0. The van der Waals surface area contributed by atoms with E-state index in [9.17, 15) is 4.79 Å². The Morgan fingerprint density at radius 3 is 2.25 bits per heavy atom. The number of carbonyl (C=O) groups is 1. The van der Waals surface area contributed by atoms with Gasteiger partial charge in [0.15, 0.2) is 0 Å². The molecule has 1 aliphatic heterocycles. The molecule has 1 heterocycles. The van der Waals surface area contributed by atoms with Crippen LogP contribution in [0.25, 0.3) is 0 Å². The summed E-state index contributed by atoms with van der Waals surface area (Å²) in [6.45, 7) is 3.95. The summed E-state index contributed by atoms with van der Waals surface area (Å²) < 4.78 is -0.00289. The fourth-order valence-electron chi connectivity index (χ4n) is 0.612.